The number of halogens is 1. The van der Waals surface area contributed by atoms with Crippen LogP contribution in [-0.4, -0.2) is 41.9 Å². The predicted octanol–water partition coefficient (Wildman–Crippen LogP) is -0.0270. The number of nitrogens with one attached hydrogen (secondary N) is 2. The molecule has 0 aromatic carbocycles. The number of sulfonamides is 1. The maximum atomic E-state index is 11.7. The molecule has 1 rings (SSSR count). The highest BCUT2D eigenvalue weighted by Crippen LogP contribution is 2.07. The molecule has 7 nitrogen and oxygen atoms in total. The normalized spacial score (nSPS) is 13.4. The fraction of sp³-hybridized carbons (Fsp3) is 0.500. The number of carbonyl (C=O) groups excluding carboxylic acids is 1. The quantitative estimate of drug-likeness (QED) is 0.429. The van der Waals surface area contributed by atoms with Gasteiger partial charge in [0.1, 0.15) is 9.75 Å². The van der Waals surface area contributed by atoms with E-state index in [1.165, 1.54) is 13.3 Å². The molecule has 0 saturated carbocycles. The molecular formula is C8H12IN3O4S. The van der Waals surface area contributed by atoms with Crippen LogP contribution in [0, 0.1) is 6.92 Å². The van der Waals surface area contributed by atoms with Crippen molar-refractivity contribution in [3.05, 3.63) is 12.0 Å². The molecule has 96 valence electrons. The molecule has 0 spiro atoms. The van der Waals surface area contributed by atoms with Crippen LogP contribution in [0.25, 0.3) is 0 Å². The van der Waals surface area contributed by atoms with E-state index in [0.29, 0.717) is 5.82 Å². The Morgan fingerprint density at radius 1 is 1.71 bits per heavy atom. The Labute approximate surface area is 113 Å². The molecule has 0 radical (unpaired) electrons. The van der Waals surface area contributed by atoms with Gasteiger partial charge in [-0.3, -0.25) is 4.79 Å². The first-order valence-electron chi connectivity index (χ1n) is 4.60. The van der Waals surface area contributed by atoms with Gasteiger partial charge in [0.25, 0.3) is 10.0 Å². The molecule has 0 saturated heterocycles. The summed E-state index contributed by atoms with van der Waals surface area (Å²) in [5.74, 6) is 0.0263. The monoisotopic (exact) mass is 373 g/mol. The van der Waals surface area contributed by atoms with Gasteiger partial charge in [0.05, 0.1) is 13.3 Å². The number of esters is 1. The summed E-state index contributed by atoms with van der Waals surface area (Å²) < 4.78 is 29.7. The Hall–Kier alpha value is -0.680. The van der Waals surface area contributed by atoms with Crippen LogP contribution >= 0.6 is 22.6 Å². The van der Waals surface area contributed by atoms with E-state index in [1.807, 2.05) is 0 Å². The molecular weight excluding hydrogens is 361 g/mol. The van der Waals surface area contributed by atoms with Gasteiger partial charge in [0, 0.05) is 6.54 Å². The fourth-order valence-electron chi connectivity index (χ4n) is 1.01. The van der Waals surface area contributed by atoms with Crippen molar-refractivity contribution >= 4 is 38.6 Å². The standard InChI is InChI=1S/C8H12IN3O4S/c1-5-10-4-7(12-5)17(14,15)11-3-6(9)8(13)16-2/h4,6,11H,3H2,1-2H3,(H,10,12). The third kappa shape index (κ3) is 3.92. The lowest BCUT2D eigenvalue weighted by Gasteiger charge is -2.08. The lowest BCUT2D eigenvalue weighted by Crippen LogP contribution is -2.34. The Morgan fingerprint density at radius 3 is 2.82 bits per heavy atom. The number of aromatic amines is 1. The smallest absolute Gasteiger partial charge is 0.319 e. The van der Waals surface area contributed by atoms with Gasteiger partial charge in [-0.2, -0.15) is 0 Å². The van der Waals surface area contributed by atoms with E-state index >= 15 is 0 Å². The number of imidazole rings is 1. The number of carbonyl (C=O) groups is 1. The summed E-state index contributed by atoms with van der Waals surface area (Å²) in [5.41, 5.74) is 0. The van der Waals surface area contributed by atoms with Gasteiger partial charge in [0.15, 0.2) is 5.03 Å². The van der Waals surface area contributed by atoms with Crippen molar-refractivity contribution in [2.24, 2.45) is 0 Å². The number of hydrogen-bond donors (Lipinski definition) is 2. The molecule has 17 heavy (non-hydrogen) atoms. The predicted molar refractivity (Wildman–Crippen MR) is 68.3 cm³/mol. The van der Waals surface area contributed by atoms with Crippen molar-refractivity contribution in [3.63, 3.8) is 0 Å². The topological polar surface area (TPSA) is 101 Å². The highest BCUT2D eigenvalue weighted by molar-refractivity contribution is 14.1. The third-order valence-corrected chi connectivity index (χ3v) is 4.16. The number of aromatic nitrogens is 2. The minimum atomic E-state index is -3.66. The van der Waals surface area contributed by atoms with Crippen LogP contribution in [0.4, 0.5) is 0 Å². The van der Waals surface area contributed by atoms with Crippen LogP contribution in [0.5, 0.6) is 0 Å². The molecule has 1 atom stereocenters. The Bertz CT molecular complexity index is 499. The van der Waals surface area contributed by atoms with E-state index in [-0.39, 0.29) is 11.6 Å². The molecule has 0 amide bonds. The summed E-state index contributed by atoms with van der Waals surface area (Å²) >= 11 is 1.80. The van der Waals surface area contributed by atoms with E-state index in [2.05, 4.69) is 19.4 Å². The zero-order valence-corrected chi connectivity index (χ0v) is 12.2. The van der Waals surface area contributed by atoms with Gasteiger partial charge >= 0.3 is 5.97 Å². The fourth-order valence-corrected chi connectivity index (χ4v) is 2.80. The Morgan fingerprint density at radius 2 is 2.35 bits per heavy atom. The second-order valence-corrected chi connectivity index (χ2v) is 6.41. The summed E-state index contributed by atoms with van der Waals surface area (Å²) in [6.07, 6.45) is 1.22. The van der Waals surface area contributed by atoms with Gasteiger partial charge in [-0.1, -0.05) is 22.6 Å². The van der Waals surface area contributed by atoms with Crippen molar-refractivity contribution in [2.75, 3.05) is 13.7 Å². The molecule has 0 fully saturated rings. The summed E-state index contributed by atoms with van der Waals surface area (Å²) in [7, 11) is -2.41. The molecule has 1 unspecified atom stereocenters. The number of ether oxygens (including phenoxy) is 1. The van der Waals surface area contributed by atoms with Crippen molar-refractivity contribution in [1.82, 2.24) is 14.7 Å². The number of H-pyrrole nitrogens is 1. The lowest BCUT2D eigenvalue weighted by molar-refractivity contribution is -0.139. The first-order valence-corrected chi connectivity index (χ1v) is 7.33. The van der Waals surface area contributed by atoms with Crippen molar-refractivity contribution in [2.45, 2.75) is 15.9 Å². The van der Waals surface area contributed by atoms with Gasteiger partial charge in [-0.05, 0) is 6.92 Å². The van der Waals surface area contributed by atoms with E-state index < -0.39 is 19.9 Å². The minimum absolute atomic E-state index is 0.0246. The third-order valence-electron chi connectivity index (χ3n) is 1.88. The molecule has 1 aromatic heterocycles. The van der Waals surface area contributed by atoms with Crippen LogP contribution in [-0.2, 0) is 19.6 Å². The Balaban J connectivity index is 2.66. The summed E-state index contributed by atoms with van der Waals surface area (Å²) in [5, 5.41) is -0.0246. The zero-order chi connectivity index (χ0) is 13.1. The average Bonchev–Trinajstić information content (AvgIpc) is 2.72. The Kier molecular flexibility index (Phi) is 4.89. The average molecular weight is 373 g/mol. The number of alkyl halides is 1. The summed E-state index contributed by atoms with van der Waals surface area (Å²) in [6.45, 7) is 1.61. The molecule has 2 N–H and O–H groups in total. The van der Waals surface area contributed by atoms with Crippen LogP contribution in [0.2, 0.25) is 0 Å². The van der Waals surface area contributed by atoms with E-state index in [9.17, 15) is 13.2 Å². The second-order valence-electron chi connectivity index (χ2n) is 3.18. The van der Waals surface area contributed by atoms with Gasteiger partial charge in [0.2, 0.25) is 0 Å². The molecule has 0 aliphatic rings. The molecule has 0 aliphatic heterocycles. The number of rotatable bonds is 5. The SMILES string of the molecule is COC(=O)C(I)CNS(=O)(=O)c1cnc(C)[nH]1. The van der Waals surface area contributed by atoms with E-state index in [1.54, 1.807) is 29.5 Å². The minimum Gasteiger partial charge on any atom is -0.468 e. The highest BCUT2D eigenvalue weighted by Gasteiger charge is 2.21. The van der Waals surface area contributed by atoms with Crippen molar-refractivity contribution in [1.29, 1.82) is 0 Å². The number of nitrogens with zero attached hydrogens (tertiary/aromatic N) is 1. The van der Waals surface area contributed by atoms with Crippen LogP contribution in [0.1, 0.15) is 5.82 Å². The van der Waals surface area contributed by atoms with Crippen LogP contribution in [0.15, 0.2) is 11.2 Å². The molecule has 1 heterocycles. The van der Waals surface area contributed by atoms with Crippen molar-refractivity contribution < 1.29 is 17.9 Å². The number of aryl methyl sites for hydroxylation is 1. The largest absolute Gasteiger partial charge is 0.468 e. The van der Waals surface area contributed by atoms with Crippen LogP contribution < -0.4 is 4.72 Å². The molecule has 0 aliphatic carbocycles. The van der Waals surface area contributed by atoms with Gasteiger partial charge in [-0.15, -0.1) is 0 Å². The zero-order valence-electron chi connectivity index (χ0n) is 9.23. The summed E-state index contributed by atoms with van der Waals surface area (Å²) in [4.78, 5) is 17.5. The van der Waals surface area contributed by atoms with E-state index in [0.717, 1.165) is 0 Å². The van der Waals surface area contributed by atoms with Gasteiger partial charge < -0.3 is 9.72 Å². The first-order chi connectivity index (χ1) is 7.86. The molecule has 9 heteroatoms. The van der Waals surface area contributed by atoms with E-state index in [4.69, 9.17) is 0 Å². The second kappa shape index (κ2) is 5.78. The molecule has 1 aromatic rings. The lowest BCUT2D eigenvalue weighted by atomic mass is 10.4. The molecule has 0 bridgehead atoms. The summed E-state index contributed by atoms with van der Waals surface area (Å²) in [6, 6.07) is 0. The highest BCUT2D eigenvalue weighted by atomic mass is 127. The van der Waals surface area contributed by atoms with Crippen LogP contribution in [0.3, 0.4) is 0 Å². The first kappa shape index (κ1) is 14.4. The van der Waals surface area contributed by atoms with Crippen molar-refractivity contribution in [3.8, 4) is 0 Å². The number of methoxy groups -OCH3 is 1. The maximum absolute atomic E-state index is 11.7. The maximum Gasteiger partial charge on any atom is 0.319 e. The number of hydrogen-bond acceptors (Lipinski definition) is 5. The van der Waals surface area contributed by atoms with Gasteiger partial charge in [-0.25, -0.2) is 18.1 Å².